The Morgan fingerprint density at radius 3 is 2.29 bits per heavy atom. The fourth-order valence-corrected chi connectivity index (χ4v) is 3.21. The summed E-state index contributed by atoms with van der Waals surface area (Å²) in [5, 5.41) is 2.58. The van der Waals surface area contributed by atoms with Crippen LogP contribution in [0.1, 0.15) is 36.7 Å². The molecule has 1 aromatic heterocycles. The van der Waals surface area contributed by atoms with Crippen LogP contribution in [0.2, 0.25) is 0 Å². The fourth-order valence-electron chi connectivity index (χ4n) is 2.39. The molecule has 0 spiro atoms. The number of benzene rings is 1. The first-order chi connectivity index (χ1) is 10.1. The van der Waals surface area contributed by atoms with Crippen molar-refractivity contribution in [3.8, 4) is 11.1 Å². The number of nitrogen functional groups attached to an aromatic ring is 1. The number of rotatable bonds is 5. The topological polar surface area (TPSA) is 46.3 Å². The van der Waals surface area contributed by atoms with E-state index in [1.807, 2.05) is 24.1 Å². The maximum Gasteiger partial charge on any atom is 0.257 e. The van der Waals surface area contributed by atoms with Gasteiger partial charge in [-0.2, -0.15) is 0 Å². The minimum absolute atomic E-state index is 0.0216. The largest absolute Gasteiger partial charge is 0.390 e. The van der Waals surface area contributed by atoms with Crippen molar-refractivity contribution in [2.75, 3.05) is 18.8 Å². The zero-order valence-corrected chi connectivity index (χ0v) is 13.7. The predicted molar refractivity (Wildman–Crippen MR) is 90.8 cm³/mol. The van der Waals surface area contributed by atoms with E-state index in [0.29, 0.717) is 23.7 Å². The molecule has 2 rings (SSSR count). The zero-order valence-electron chi connectivity index (χ0n) is 12.8. The molecule has 0 saturated carbocycles. The molecule has 0 saturated heterocycles. The minimum atomic E-state index is 0.0216. The van der Waals surface area contributed by atoms with Gasteiger partial charge < -0.3 is 10.6 Å². The lowest BCUT2D eigenvalue weighted by molar-refractivity contribution is 0.0775. The highest BCUT2D eigenvalue weighted by Gasteiger charge is 2.22. The highest BCUT2D eigenvalue weighted by molar-refractivity contribution is 7.15. The maximum absolute atomic E-state index is 12.7. The van der Waals surface area contributed by atoms with E-state index in [1.165, 1.54) is 16.9 Å². The summed E-state index contributed by atoms with van der Waals surface area (Å²) in [6.07, 6.45) is 1.01. The van der Waals surface area contributed by atoms with E-state index in [0.717, 1.165) is 17.5 Å². The van der Waals surface area contributed by atoms with Gasteiger partial charge in [-0.3, -0.25) is 4.79 Å². The van der Waals surface area contributed by atoms with E-state index < -0.39 is 0 Å². The summed E-state index contributed by atoms with van der Waals surface area (Å²) in [4.78, 5) is 14.5. The van der Waals surface area contributed by atoms with Gasteiger partial charge in [0, 0.05) is 24.0 Å². The van der Waals surface area contributed by atoms with Gasteiger partial charge in [-0.1, -0.05) is 31.2 Å². The number of carbonyl (C=O) groups excluding carboxylic acids is 1. The molecule has 2 N–H and O–H groups in total. The van der Waals surface area contributed by atoms with E-state index in [9.17, 15) is 4.79 Å². The molecule has 1 aromatic carbocycles. The molecule has 4 heteroatoms. The van der Waals surface area contributed by atoms with Crippen molar-refractivity contribution in [2.45, 2.75) is 27.2 Å². The molecule has 1 heterocycles. The second-order valence-corrected chi connectivity index (χ2v) is 5.83. The third kappa shape index (κ3) is 3.10. The molecule has 0 fully saturated rings. The van der Waals surface area contributed by atoms with Gasteiger partial charge >= 0.3 is 0 Å². The van der Waals surface area contributed by atoms with Crippen LogP contribution in [0, 0.1) is 0 Å². The van der Waals surface area contributed by atoms with Crippen LogP contribution >= 0.6 is 11.3 Å². The van der Waals surface area contributed by atoms with Crippen LogP contribution in [0.15, 0.2) is 29.6 Å². The average molecular weight is 302 g/mol. The average Bonchev–Trinajstić information content (AvgIpc) is 2.90. The smallest absolute Gasteiger partial charge is 0.257 e. The van der Waals surface area contributed by atoms with Gasteiger partial charge in [0.1, 0.15) is 0 Å². The molecule has 0 aliphatic rings. The summed E-state index contributed by atoms with van der Waals surface area (Å²) in [5.41, 5.74) is 9.98. The Bertz CT molecular complexity index is 612. The van der Waals surface area contributed by atoms with E-state index in [1.54, 1.807) is 0 Å². The van der Waals surface area contributed by atoms with E-state index in [4.69, 9.17) is 5.73 Å². The Hall–Kier alpha value is -1.81. The summed E-state index contributed by atoms with van der Waals surface area (Å²) in [6, 6.07) is 8.35. The summed E-state index contributed by atoms with van der Waals surface area (Å²) in [5.74, 6) is 0.0216. The van der Waals surface area contributed by atoms with Gasteiger partial charge in [0.2, 0.25) is 0 Å². The van der Waals surface area contributed by atoms with Crippen LogP contribution in [-0.2, 0) is 6.42 Å². The number of nitrogens with two attached hydrogens (primary N) is 1. The molecule has 1 amide bonds. The standard InChI is InChI=1S/C17H22N2OS/c1-4-12-7-9-13(10-8-12)14-11-21-16(18)15(14)17(20)19(5-2)6-3/h7-11H,4-6,18H2,1-3H3. The Kier molecular flexibility index (Phi) is 5.02. The lowest BCUT2D eigenvalue weighted by Crippen LogP contribution is -2.31. The molecular formula is C17H22N2OS. The van der Waals surface area contributed by atoms with Gasteiger partial charge in [-0.05, 0) is 31.4 Å². The van der Waals surface area contributed by atoms with Crippen molar-refractivity contribution in [1.29, 1.82) is 0 Å². The highest BCUT2D eigenvalue weighted by atomic mass is 32.1. The van der Waals surface area contributed by atoms with Gasteiger partial charge in [0.05, 0.1) is 10.6 Å². The molecule has 0 bridgehead atoms. The Balaban J connectivity index is 2.43. The predicted octanol–water partition coefficient (Wildman–Crippen LogP) is 4.04. The molecular weight excluding hydrogens is 280 g/mol. The van der Waals surface area contributed by atoms with Gasteiger partial charge in [0.15, 0.2) is 0 Å². The Morgan fingerprint density at radius 1 is 1.14 bits per heavy atom. The monoisotopic (exact) mass is 302 g/mol. The molecule has 0 unspecified atom stereocenters. The van der Waals surface area contributed by atoms with Crippen molar-refractivity contribution in [3.63, 3.8) is 0 Å². The molecule has 0 aliphatic heterocycles. The van der Waals surface area contributed by atoms with Gasteiger partial charge in [-0.25, -0.2) is 0 Å². The maximum atomic E-state index is 12.7. The summed E-state index contributed by atoms with van der Waals surface area (Å²) >= 11 is 1.43. The lowest BCUT2D eigenvalue weighted by atomic mass is 10.0. The quantitative estimate of drug-likeness (QED) is 0.906. The van der Waals surface area contributed by atoms with Crippen LogP contribution in [0.25, 0.3) is 11.1 Å². The van der Waals surface area contributed by atoms with E-state index >= 15 is 0 Å². The fraction of sp³-hybridized carbons (Fsp3) is 0.353. The van der Waals surface area contributed by atoms with Crippen LogP contribution in [0.5, 0.6) is 0 Å². The molecule has 0 radical (unpaired) electrons. The van der Waals surface area contributed by atoms with Gasteiger partial charge in [0.25, 0.3) is 5.91 Å². The number of amides is 1. The molecule has 0 atom stereocenters. The third-order valence-electron chi connectivity index (χ3n) is 3.76. The second kappa shape index (κ2) is 6.76. The van der Waals surface area contributed by atoms with Crippen LogP contribution in [0.4, 0.5) is 5.00 Å². The van der Waals surface area contributed by atoms with Gasteiger partial charge in [-0.15, -0.1) is 11.3 Å². The third-order valence-corrected chi connectivity index (χ3v) is 4.57. The van der Waals surface area contributed by atoms with E-state index in [-0.39, 0.29) is 5.91 Å². The number of aryl methyl sites for hydroxylation is 1. The molecule has 3 nitrogen and oxygen atoms in total. The Morgan fingerprint density at radius 2 is 1.76 bits per heavy atom. The van der Waals surface area contributed by atoms with Crippen LogP contribution < -0.4 is 5.73 Å². The van der Waals surface area contributed by atoms with Crippen molar-refractivity contribution in [3.05, 3.63) is 40.8 Å². The van der Waals surface area contributed by atoms with Crippen molar-refractivity contribution in [1.82, 2.24) is 4.90 Å². The zero-order chi connectivity index (χ0) is 15.4. The number of anilines is 1. The first kappa shape index (κ1) is 15.6. The van der Waals surface area contributed by atoms with Crippen LogP contribution in [-0.4, -0.2) is 23.9 Å². The number of nitrogens with zero attached hydrogens (tertiary/aromatic N) is 1. The SMILES string of the molecule is CCc1ccc(-c2csc(N)c2C(=O)N(CC)CC)cc1. The molecule has 21 heavy (non-hydrogen) atoms. The number of hydrogen-bond donors (Lipinski definition) is 1. The normalized spacial score (nSPS) is 10.6. The first-order valence-electron chi connectivity index (χ1n) is 7.37. The first-order valence-corrected chi connectivity index (χ1v) is 8.25. The summed E-state index contributed by atoms with van der Waals surface area (Å²) in [7, 11) is 0. The van der Waals surface area contributed by atoms with Crippen molar-refractivity contribution in [2.24, 2.45) is 0 Å². The minimum Gasteiger partial charge on any atom is -0.390 e. The highest BCUT2D eigenvalue weighted by Crippen LogP contribution is 2.34. The van der Waals surface area contributed by atoms with Crippen molar-refractivity contribution >= 4 is 22.2 Å². The van der Waals surface area contributed by atoms with Crippen molar-refractivity contribution < 1.29 is 4.79 Å². The molecule has 0 aliphatic carbocycles. The Labute approximate surface area is 130 Å². The molecule has 112 valence electrons. The van der Waals surface area contributed by atoms with E-state index in [2.05, 4.69) is 31.2 Å². The van der Waals surface area contributed by atoms with Crippen LogP contribution in [0.3, 0.4) is 0 Å². The lowest BCUT2D eigenvalue weighted by Gasteiger charge is -2.19. The number of thiophene rings is 1. The molecule has 2 aromatic rings. The summed E-state index contributed by atoms with van der Waals surface area (Å²) < 4.78 is 0. The second-order valence-electron chi connectivity index (χ2n) is 4.92. The number of carbonyl (C=O) groups is 1. The summed E-state index contributed by atoms with van der Waals surface area (Å²) in [6.45, 7) is 7.49. The number of hydrogen-bond acceptors (Lipinski definition) is 3.